The first-order valence-corrected chi connectivity index (χ1v) is 2.59. The summed E-state index contributed by atoms with van der Waals surface area (Å²) in [5, 5.41) is 16.5. The van der Waals surface area contributed by atoms with Gasteiger partial charge in [-0.2, -0.15) is 0 Å². The predicted octanol–water partition coefficient (Wildman–Crippen LogP) is 0.297. The minimum Gasteiger partial charge on any atom is -0.424 e. The molecule has 0 radical (unpaired) electrons. The third-order valence-electron chi connectivity index (χ3n) is 0.642. The Morgan fingerprint density at radius 3 is 2.22 bits per heavy atom. The molecule has 0 spiro atoms. The molecule has 0 aliphatic heterocycles. The third-order valence-corrected chi connectivity index (χ3v) is 0.642. The first-order valence-electron chi connectivity index (χ1n) is 2.59. The van der Waals surface area contributed by atoms with Gasteiger partial charge in [0.2, 0.25) is 0 Å². The maximum absolute atomic E-state index is 8.26. The first kappa shape index (κ1) is 8.20. The van der Waals surface area contributed by atoms with Gasteiger partial charge in [0.1, 0.15) is 0 Å². The van der Waals surface area contributed by atoms with E-state index in [1.807, 2.05) is 0 Å². The van der Waals surface area contributed by atoms with Crippen LogP contribution in [0.3, 0.4) is 0 Å². The lowest BCUT2D eigenvalue weighted by molar-refractivity contribution is 0.424. The fraction of sp³-hybridized carbons (Fsp3) is 0. The zero-order chi connectivity index (χ0) is 7.11. The molecule has 0 bridgehead atoms. The molecule has 2 nitrogen and oxygen atoms in total. The van der Waals surface area contributed by atoms with Crippen molar-refractivity contribution < 1.29 is 10.0 Å². The first-order chi connectivity index (χ1) is 4.27. The molecule has 3 heteroatoms. The average molecular weight is 124 g/mol. The van der Waals surface area contributed by atoms with Crippen LogP contribution in [-0.2, 0) is 0 Å². The van der Waals surface area contributed by atoms with Crippen molar-refractivity contribution in [2.24, 2.45) is 0 Å². The summed E-state index contributed by atoms with van der Waals surface area (Å²) in [6.45, 7) is 3.43. The SMILES string of the molecule is C=C/C=C\C=C\B(O)O. The minimum atomic E-state index is -1.36. The van der Waals surface area contributed by atoms with Gasteiger partial charge in [0, 0.05) is 0 Å². The van der Waals surface area contributed by atoms with Crippen LogP contribution in [0.5, 0.6) is 0 Å². The van der Waals surface area contributed by atoms with Crippen molar-refractivity contribution in [2.75, 3.05) is 0 Å². The standard InChI is InChI=1S/C6H9BO2/c1-2-3-4-5-6-7(8)9/h2-6,8-9H,1H2/b4-3-,6-5+. The van der Waals surface area contributed by atoms with Gasteiger partial charge < -0.3 is 10.0 Å². The molecule has 0 aromatic rings. The van der Waals surface area contributed by atoms with Crippen molar-refractivity contribution in [3.05, 3.63) is 36.9 Å². The Kier molecular flexibility index (Phi) is 4.87. The highest BCUT2D eigenvalue weighted by Crippen LogP contribution is 1.78. The lowest BCUT2D eigenvalue weighted by Crippen LogP contribution is -2.04. The molecule has 0 heterocycles. The van der Waals surface area contributed by atoms with E-state index in [1.165, 1.54) is 12.1 Å². The molecule has 0 unspecified atom stereocenters. The van der Waals surface area contributed by atoms with Gasteiger partial charge in [-0.05, 0) is 0 Å². The third kappa shape index (κ3) is 7.20. The molecule has 0 aromatic carbocycles. The Labute approximate surface area is 55.0 Å². The van der Waals surface area contributed by atoms with Gasteiger partial charge in [-0.15, -0.1) is 0 Å². The monoisotopic (exact) mass is 124 g/mol. The van der Waals surface area contributed by atoms with Crippen molar-refractivity contribution in [1.82, 2.24) is 0 Å². The lowest BCUT2D eigenvalue weighted by Gasteiger charge is -1.80. The molecule has 0 aromatic heterocycles. The molecular formula is C6H9BO2. The summed E-state index contributed by atoms with van der Waals surface area (Å²) in [6, 6.07) is 0. The van der Waals surface area contributed by atoms with Crippen molar-refractivity contribution >= 4 is 7.12 Å². The zero-order valence-corrected chi connectivity index (χ0v) is 5.07. The smallest absolute Gasteiger partial charge is 0.424 e. The molecule has 0 aliphatic rings. The summed E-state index contributed by atoms with van der Waals surface area (Å²) in [5.41, 5.74) is 0. The highest BCUT2D eigenvalue weighted by Gasteiger charge is 1.94. The molecule has 2 N–H and O–H groups in total. The second-order valence-corrected chi connectivity index (χ2v) is 1.42. The van der Waals surface area contributed by atoms with E-state index in [4.69, 9.17) is 10.0 Å². The van der Waals surface area contributed by atoms with Crippen molar-refractivity contribution in [3.8, 4) is 0 Å². The van der Waals surface area contributed by atoms with E-state index in [2.05, 4.69) is 6.58 Å². The molecular weight excluding hydrogens is 115 g/mol. The van der Waals surface area contributed by atoms with Gasteiger partial charge in [0.15, 0.2) is 0 Å². The number of rotatable bonds is 3. The molecule has 0 saturated carbocycles. The summed E-state index contributed by atoms with van der Waals surface area (Å²) in [4.78, 5) is 0. The summed E-state index contributed by atoms with van der Waals surface area (Å²) < 4.78 is 0. The molecule has 0 fully saturated rings. The van der Waals surface area contributed by atoms with Gasteiger partial charge in [0.05, 0.1) is 0 Å². The van der Waals surface area contributed by atoms with Crippen LogP contribution in [0.25, 0.3) is 0 Å². The topological polar surface area (TPSA) is 40.5 Å². The maximum Gasteiger partial charge on any atom is 0.480 e. The largest absolute Gasteiger partial charge is 0.480 e. The number of hydrogen-bond donors (Lipinski definition) is 2. The lowest BCUT2D eigenvalue weighted by atomic mass is 9.92. The molecule has 0 amide bonds. The van der Waals surface area contributed by atoms with Crippen LogP contribution in [0.2, 0.25) is 0 Å². The highest BCUT2D eigenvalue weighted by molar-refractivity contribution is 6.47. The Morgan fingerprint density at radius 2 is 1.78 bits per heavy atom. The fourth-order valence-electron chi connectivity index (χ4n) is 0.306. The maximum atomic E-state index is 8.26. The van der Waals surface area contributed by atoms with Crippen LogP contribution in [0.1, 0.15) is 0 Å². The van der Waals surface area contributed by atoms with Gasteiger partial charge in [-0.3, -0.25) is 0 Å². The Bertz CT molecular complexity index is 127. The van der Waals surface area contributed by atoms with E-state index >= 15 is 0 Å². The summed E-state index contributed by atoms with van der Waals surface area (Å²) in [6.07, 6.45) is 6.49. The quantitative estimate of drug-likeness (QED) is 0.419. The van der Waals surface area contributed by atoms with Gasteiger partial charge in [-0.1, -0.05) is 36.9 Å². The predicted molar refractivity (Wildman–Crippen MR) is 38.7 cm³/mol. The van der Waals surface area contributed by atoms with Gasteiger partial charge in [0.25, 0.3) is 0 Å². The van der Waals surface area contributed by atoms with E-state index in [-0.39, 0.29) is 0 Å². The van der Waals surface area contributed by atoms with Crippen LogP contribution in [0.15, 0.2) is 36.9 Å². The van der Waals surface area contributed by atoms with Crippen LogP contribution in [-0.4, -0.2) is 17.2 Å². The van der Waals surface area contributed by atoms with E-state index in [1.54, 1.807) is 18.2 Å². The normalized spacial score (nSPS) is 10.9. The summed E-state index contributed by atoms with van der Waals surface area (Å²) in [5.74, 6) is 1.25. The second kappa shape index (κ2) is 5.34. The van der Waals surface area contributed by atoms with E-state index in [0.717, 1.165) is 0 Å². The van der Waals surface area contributed by atoms with Gasteiger partial charge in [-0.25, -0.2) is 0 Å². The van der Waals surface area contributed by atoms with E-state index in [0.29, 0.717) is 0 Å². The van der Waals surface area contributed by atoms with Crippen LogP contribution in [0.4, 0.5) is 0 Å². The summed E-state index contributed by atoms with van der Waals surface area (Å²) >= 11 is 0. The molecule has 0 rings (SSSR count). The zero-order valence-electron chi connectivity index (χ0n) is 5.07. The average Bonchev–Trinajstić information content (AvgIpc) is 1.80. The molecule has 0 atom stereocenters. The number of hydrogen-bond acceptors (Lipinski definition) is 2. The molecule has 0 aliphatic carbocycles. The fourth-order valence-corrected chi connectivity index (χ4v) is 0.306. The van der Waals surface area contributed by atoms with Crippen LogP contribution >= 0.6 is 0 Å². The van der Waals surface area contributed by atoms with Crippen molar-refractivity contribution in [1.29, 1.82) is 0 Å². The van der Waals surface area contributed by atoms with Crippen molar-refractivity contribution in [3.63, 3.8) is 0 Å². The summed E-state index contributed by atoms with van der Waals surface area (Å²) in [7, 11) is -1.36. The Hall–Kier alpha value is -0.795. The Balaban J connectivity index is 3.46. The molecule has 9 heavy (non-hydrogen) atoms. The number of allylic oxidation sites excluding steroid dienone is 4. The van der Waals surface area contributed by atoms with Crippen molar-refractivity contribution in [2.45, 2.75) is 0 Å². The minimum absolute atomic E-state index is 1.25. The van der Waals surface area contributed by atoms with Crippen LogP contribution in [0, 0.1) is 0 Å². The Morgan fingerprint density at radius 1 is 1.11 bits per heavy atom. The molecule has 48 valence electrons. The van der Waals surface area contributed by atoms with Gasteiger partial charge >= 0.3 is 7.12 Å². The van der Waals surface area contributed by atoms with Crippen LogP contribution < -0.4 is 0 Å². The molecule has 0 saturated heterocycles. The second-order valence-electron chi connectivity index (χ2n) is 1.42. The van der Waals surface area contributed by atoms with E-state index in [9.17, 15) is 0 Å². The highest BCUT2D eigenvalue weighted by atomic mass is 16.4. The van der Waals surface area contributed by atoms with E-state index < -0.39 is 7.12 Å².